The maximum Gasteiger partial charge on any atom is 0.326 e. The molecule has 1 rings (SSSR count). The first-order chi connectivity index (χ1) is 8.49. The molecule has 1 saturated heterocycles. The number of carboxylic acid groups (broad SMARTS) is 1. The number of nitrogens with zero attached hydrogens (tertiary/aromatic N) is 2. The lowest BCUT2D eigenvalue weighted by Crippen LogP contribution is -2.51. The molecule has 104 valence electrons. The smallest absolute Gasteiger partial charge is 0.326 e. The number of hydrogen-bond acceptors (Lipinski definition) is 2. The molecule has 0 aromatic rings. The van der Waals surface area contributed by atoms with E-state index in [4.69, 9.17) is 5.11 Å². The molecular weight excluding hydrogens is 232 g/mol. The fourth-order valence-corrected chi connectivity index (χ4v) is 2.39. The normalized spacial score (nSPS) is 22.2. The van der Waals surface area contributed by atoms with Crippen molar-refractivity contribution in [3.63, 3.8) is 0 Å². The van der Waals surface area contributed by atoms with Gasteiger partial charge in [0.2, 0.25) is 0 Å². The van der Waals surface area contributed by atoms with Crippen LogP contribution in [0.15, 0.2) is 0 Å². The molecule has 0 radical (unpaired) electrons. The lowest BCUT2D eigenvalue weighted by Gasteiger charge is -2.34. The fraction of sp³-hybridized carbons (Fsp3) is 0.846. The van der Waals surface area contributed by atoms with E-state index >= 15 is 0 Å². The summed E-state index contributed by atoms with van der Waals surface area (Å²) >= 11 is 0. The highest BCUT2D eigenvalue weighted by Crippen LogP contribution is 2.20. The lowest BCUT2D eigenvalue weighted by molar-refractivity contribution is -0.141. The Bertz CT molecular complexity index is 307. The van der Waals surface area contributed by atoms with Crippen LogP contribution in [-0.4, -0.2) is 52.6 Å². The first kappa shape index (κ1) is 14.8. The number of likely N-dealkylation sites (N-methyl/N-ethyl adjacent to an activating group) is 1. The minimum Gasteiger partial charge on any atom is -0.480 e. The van der Waals surface area contributed by atoms with E-state index in [9.17, 15) is 9.59 Å². The van der Waals surface area contributed by atoms with E-state index < -0.39 is 12.0 Å². The van der Waals surface area contributed by atoms with Gasteiger partial charge in [-0.15, -0.1) is 0 Å². The second kappa shape index (κ2) is 6.61. The summed E-state index contributed by atoms with van der Waals surface area (Å²) < 4.78 is 0. The minimum atomic E-state index is -0.964. The van der Waals surface area contributed by atoms with Gasteiger partial charge in [0, 0.05) is 19.6 Å². The van der Waals surface area contributed by atoms with Crippen molar-refractivity contribution in [3.05, 3.63) is 0 Å². The summed E-state index contributed by atoms with van der Waals surface area (Å²) in [5.41, 5.74) is 0. The fourth-order valence-electron chi connectivity index (χ4n) is 2.39. The number of rotatable bonds is 3. The maximum atomic E-state index is 12.4. The monoisotopic (exact) mass is 256 g/mol. The Balaban J connectivity index is 2.75. The van der Waals surface area contributed by atoms with Crippen molar-refractivity contribution in [2.24, 2.45) is 0 Å². The Hall–Kier alpha value is -1.26. The third kappa shape index (κ3) is 3.37. The van der Waals surface area contributed by atoms with E-state index in [1.807, 2.05) is 4.90 Å². The first-order valence-corrected chi connectivity index (χ1v) is 6.75. The van der Waals surface area contributed by atoms with Crippen molar-refractivity contribution in [2.75, 3.05) is 13.6 Å². The second-order valence-corrected chi connectivity index (χ2v) is 5.01. The van der Waals surface area contributed by atoms with Gasteiger partial charge in [-0.2, -0.15) is 0 Å². The predicted octanol–water partition coefficient (Wildman–Crippen LogP) is 2.17. The number of urea groups is 1. The highest BCUT2D eigenvalue weighted by Gasteiger charge is 2.30. The topological polar surface area (TPSA) is 60.9 Å². The van der Waals surface area contributed by atoms with Gasteiger partial charge in [0.15, 0.2) is 0 Å². The van der Waals surface area contributed by atoms with E-state index in [1.54, 1.807) is 14.0 Å². The van der Waals surface area contributed by atoms with Gasteiger partial charge >= 0.3 is 12.0 Å². The molecule has 0 aliphatic carbocycles. The van der Waals surface area contributed by atoms with E-state index in [0.29, 0.717) is 0 Å². The standard InChI is InChI=1S/C13H24N2O3/c1-4-11-8-6-5-7-9-15(11)13(18)14(3)10(2)12(16)17/h10-11H,4-9H2,1-3H3,(H,16,17). The van der Waals surface area contributed by atoms with Crippen molar-refractivity contribution in [1.82, 2.24) is 9.80 Å². The zero-order valence-electron chi connectivity index (χ0n) is 11.6. The van der Waals surface area contributed by atoms with Crippen molar-refractivity contribution < 1.29 is 14.7 Å². The van der Waals surface area contributed by atoms with Gasteiger partial charge in [-0.05, 0) is 26.2 Å². The van der Waals surface area contributed by atoms with Crippen LogP contribution in [0.2, 0.25) is 0 Å². The molecule has 5 heteroatoms. The Kier molecular flexibility index (Phi) is 5.44. The minimum absolute atomic E-state index is 0.154. The highest BCUT2D eigenvalue weighted by molar-refractivity contribution is 5.82. The number of carbonyl (C=O) groups excluding carboxylic acids is 1. The molecule has 2 amide bonds. The third-order valence-electron chi connectivity index (χ3n) is 3.83. The van der Waals surface area contributed by atoms with Crippen LogP contribution in [0, 0.1) is 0 Å². The summed E-state index contributed by atoms with van der Waals surface area (Å²) in [6.07, 6.45) is 5.27. The molecule has 1 N–H and O–H groups in total. The molecule has 0 aromatic carbocycles. The van der Waals surface area contributed by atoms with Gasteiger partial charge in [0.05, 0.1) is 0 Å². The van der Waals surface area contributed by atoms with Crippen LogP contribution in [0.4, 0.5) is 4.79 Å². The Labute approximate surface area is 109 Å². The maximum absolute atomic E-state index is 12.4. The Morgan fingerprint density at radius 1 is 1.39 bits per heavy atom. The molecule has 1 fully saturated rings. The number of carboxylic acids is 1. The zero-order chi connectivity index (χ0) is 13.7. The Morgan fingerprint density at radius 3 is 2.61 bits per heavy atom. The molecule has 1 aliphatic rings. The highest BCUT2D eigenvalue weighted by atomic mass is 16.4. The molecule has 5 nitrogen and oxygen atoms in total. The van der Waals surface area contributed by atoms with E-state index in [1.165, 1.54) is 4.90 Å². The molecule has 2 unspecified atom stereocenters. The summed E-state index contributed by atoms with van der Waals surface area (Å²) in [4.78, 5) is 26.5. The van der Waals surface area contributed by atoms with Gasteiger partial charge in [-0.3, -0.25) is 0 Å². The summed E-state index contributed by atoms with van der Waals surface area (Å²) in [7, 11) is 1.57. The van der Waals surface area contributed by atoms with Crippen molar-refractivity contribution in [3.8, 4) is 0 Å². The number of aliphatic carboxylic acids is 1. The summed E-state index contributed by atoms with van der Waals surface area (Å²) in [5.74, 6) is -0.964. The van der Waals surface area contributed by atoms with Crippen LogP contribution in [-0.2, 0) is 4.79 Å². The van der Waals surface area contributed by atoms with Crippen molar-refractivity contribution in [2.45, 2.75) is 58.0 Å². The SMILES string of the molecule is CCC1CCCCCN1C(=O)N(C)C(C)C(=O)O. The van der Waals surface area contributed by atoms with Gasteiger partial charge in [-0.1, -0.05) is 19.8 Å². The molecule has 1 aliphatic heterocycles. The number of carbonyl (C=O) groups is 2. The Morgan fingerprint density at radius 2 is 2.06 bits per heavy atom. The van der Waals surface area contributed by atoms with Crippen LogP contribution in [0.25, 0.3) is 0 Å². The van der Waals surface area contributed by atoms with E-state index in [-0.39, 0.29) is 12.1 Å². The average molecular weight is 256 g/mol. The van der Waals surface area contributed by atoms with Crippen molar-refractivity contribution >= 4 is 12.0 Å². The number of hydrogen-bond donors (Lipinski definition) is 1. The van der Waals surface area contributed by atoms with Crippen molar-refractivity contribution in [1.29, 1.82) is 0 Å². The van der Waals surface area contributed by atoms with Gasteiger partial charge < -0.3 is 14.9 Å². The van der Waals surface area contributed by atoms with Crippen LogP contribution in [0.3, 0.4) is 0 Å². The van der Waals surface area contributed by atoms with Crippen LogP contribution in [0.1, 0.15) is 46.0 Å². The van der Waals surface area contributed by atoms with Crippen LogP contribution < -0.4 is 0 Å². The molecule has 0 aromatic heterocycles. The summed E-state index contributed by atoms with van der Waals surface area (Å²) in [5, 5.41) is 8.97. The van der Waals surface area contributed by atoms with Crippen LogP contribution >= 0.6 is 0 Å². The van der Waals surface area contributed by atoms with E-state index in [0.717, 1.165) is 38.6 Å². The molecule has 0 spiro atoms. The quantitative estimate of drug-likeness (QED) is 0.841. The largest absolute Gasteiger partial charge is 0.480 e. The summed E-state index contributed by atoms with van der Waals surface area (Å²) in [6.45, 7) is 4.36. The lowest BCUT2D eigenvalue weighted by atomic mass is 10.1. The second-order valence-electron chi connectivity index (χ2n) is 5.01. The predicted molar refractivity (Wildman–Crippen MR) is 69.5 cm³/mol. The van der Waals surface area contributed by atoms with Crippen LogP contribution in [0.5, 0.6) is 0 Å². The summed E-state index contributed by atoms with van der Waals surface area (Å²) in [6, 6.07) is -0.680. The first-order valence-electron chi connectivity index (χ1n) is 6.75. The van der Waals surface area contributed by atoms with Gasteiger partial charge in [-0.25, -0.2) is 9.59 Å². The molecule has 18 heavy (non-hydrogen) atoms. The molecule has 1 heterocycles. The third-order valence-corrected chi connectivity index (χ3v) is 3.83. The van der Waals surface area contributed by atoms with E-state index in [2.05, 4.69) is 6.92 Å². The number of likely N-dealkylation sites (tertiary alicyclic amines) is 1. The van der Waals surface area contributed by atoms with Gasteiger partial charge in [0.25, 0.3) is 0 Å². The van der Waals surface area contributed by atoms with Gasteiger partial charge in [0.1, 0.15) is 6.04 Å². The molecular formula is C13H24N2O3. The average Bonchev–Trinajstić information content (AvgIpc) is 2.60. The molecule has 0 saturated carbocycles. The molecule has 2 atom stereocenters. The zero-order valence-corrected chi connectivity index (χ0v) is 11.6. The molecule has 0 bridgehead atoms. The number of amides is 2.